The number of aromatic nitrogens is 1. The second-order valence-corrected chi connectivity index (χ2v) is 5.15. The summed E-state index contributed by atoms with van der Waals surface area (Å²) in [6.45, 7) is 0.720. The lowest BCUT2D eigenvalue weighted by Crippen LogP contribution is -2.12. The van der Waals surface area contributed by atoms with Crippen LogP contribution in [-0.4, -0.2) is 19.1 Å². The number of pyridine rings is 1. The first-order valence-corrected chi connectivity index (χ1v) is 6.57. The first-order valence-electron chi connectivity index (χ1n) is 5.77. The first kappa shape index (κ1) is 12.9. The predicted octanol–water partition coefficient (Wildman–Crippen LogP) is 3.52. The summed E-state index contributed by atoms with van der Waals surface area (Å²) < 4.78 is 1.07. The number of nitrogens with one attached hydrogen (secondary N) is 1. The van der Waals surface area contributed by atoms with Crippen molar-refractivity contribution < 1.29 is 0 Å². The molecule has 0 fully saturated rings. The van der Waals surface area contributed by atoms with Crippen molar-refractivity contribution in [3.8, 4) is 0 Å². The summed E-state index contributed by atoms with van der Waals surface area (Å²) in [6, 6.07) is 12.1. The molecular weight excluding hydrogens is 290 g/mol. The SMILES string of the molecule is CN(C)c1ccc(Br)cc1NCc1ccccn1. The monoisotopic (exact) mass is 305 g/mol. The van der Waals surface area contributed by atoms with Gasteiger partial charge in [0.15, 0.2) is 0 Å². The maximum absolute atomic E-state index is 4.30. The van der Waals surface area contributed by atoms with E-state index in [4.69, 9.17) is 0 Å². The molecule has 0 amide bonds. The van der Waals surface area contributed by atoms with Crippen molar-refractivity contribution in [1.29, 1.82) is 0 Å². The molecule has 0 unspecified atom stereocenters. The fourth-order valence-corrected chi connectivity index (χ4v) is 2.09. The van der Waals surface area contributed by atoms with E-state index in [-0.39, 0.29) is 0 Å². The van der Waals surface area contributed by atoms with Gasteiger partial charge in [-0.25, -0.2) is 0 Å². The number of benzene rings is 1. The van der Waals surface area contributed by atoms with E-state index >= 15 is 0 Å². The molecule has 0 aliphatic heterocycles. The first-order chi connectivity index (χ1) is 8.66. The molecule has 4 heteroatoms. The van der Waals surface area contributed by atoms with Crippen LogP contribution in [-0.2, 0) is 6.54 Å². The van der Waals surface area contributed by atoms with E-state index in [0.29, 0.717) is 0 Å². The van der Waals surface area contributed by atoms with Crippen LogP contribution in [0.15, 0.2) is 47.1 Å². The highest BCUT2D eigenvalue weighted by Crippen LogP contribution is 2.28. The van der Waals surface area contributed by atoms with Crippen molar-refractivity contribution in [3.63, 3.8) is 0 Å². The van der Waals surface area contributed by atoms with Crippen LogP contribution in [0.25, 0.3) is 0 Å². The van der Waals surface area contributed by atoms with Gasteiger partial charge in [0.05, 0.1) is 23.6 Å². The maximum Gasteiger partial charge on any atom is 0.0597 e. The Balaban J connectivity index is 2.15. The van der Waals surface area contributed by atoms with E-state index in [1.807, 2.05) is 44.6 Å². The molecular formula is C14H16BrN3. The van der Waals surface area contributed by atoms with E-state index in [0.717, 1.165) is 28.1 Å². The molecule has 1 N–H and O–H groups in total. The molecule has 18 heavy (non-hydrogen) atoms. The van der Waals surface area contributed by atoms with Gasteiger partial charge in [-0.1, -0.05) is 22.0 Å². The third-order valence-electron chi connectivity index (χ3n) is 2.63. The van der Waals surface area contributed by atoms with Gasteiger partial charge in [0.1, 0.15) is 0 Å². The van der Waals surface area contributed by atoms with Gasteiger partial charge in [0.25, 0.3) is 0 Å². The lowest BCUT2D eigenvalue weighted by molar-refractivity contribution is 1.04. The molecule has 0 radical (unpaired) electrons. The average Bonchev–Trinajstić information content (AvgIpc) is 2.37. The molecule has 0 spiro atoms. The van der Waals surface area contributed by atoms with Gasteiger partial charge in [0, 0.05) is 24.8 Å². The van der Waals surface area contributed by atoms with Crippen molar-refractivity contribution >= 4 is 27.3 Å². The lowest BCUT2D eigenvalue weighted by Gasteiger charge is -2.18. The lowest BCUT2D eigenvalue weighted by atomic mass is 10.2. The maximum atomic E-state index is 4.30. The summed E-state index contributed by atoms with van der Waals surface area (Å²) in [7, 11) is 4.07. The van der Waals surface area contributed by atoms with Gasteiger partial charge in [-0.05, 0) is 30.3 Å². The molecule has 1 aromatic carbocycles. The summed E-state index contributed by atoms with van der Waals surface area (Å²) in [4.78, 5) is 6.39. The van der Waals surface area contributed by atoms with Crippen molar-refractivity contribution in [2.45, 2.75) is 6.54 Å². The van der Waals surface area contributed by atoms with Crippen LogP contribution in [0.3, 0.4) is 0 Å². The molecule has 3 nitrogen and oxygen atoms in total. The Kier molecular flexibility index (Phi) is 4.20. The molecule has 0 aliphatic carbocycles. The quantitative estimate of drug-likeness (QED) is 0.937. The Morgan fingerprint density at radius 1 is 1.22 bits per heavy atom. The van der Waals surface area contributed by atoms with E-state index in [9.17, 15) is 0 Å². The molecule has 94 valence electrons. The van der Waals surface area contributed by atoms with Crippen molar-refractivity contribution in [2.75, 3.05) is 24.3 Å². The van der Waals surface area contributed by atoms with Crippen LogP contribution in [0.2, 0.25) is 0 Å². The Labute approximate surface area is 116 Å². The number of hydrogen-bond donors (Lipinski definition) is 1. The summed E-state index contributed by atoms with van der Waals surface area (Å²) in [5.41, 5.74) is 3.29. The zero-order valence-electron chi connectivity index (χ0n) is 10.5. The summed E-state index contributed by atoms with van der Waals surface area (Å²) in [5.74, 6) is 0. The molecule has 0 atom stereocenters. The highest BCUT2D eigenvalue weighted by molar-refractivity contribution is 9.10. The number of nitrogens with zero attached hydrogens (tertiary/aromatic N) is 2. The van der Waals surface area contributed by atoms with Crippen LogP contribution in [0.1, 0.15) is 5.69 Å². The Bertz CT molecular complexity index is 512. The molecule has 0 aliphatic rings. The molecule has 2 aromatic rings. The van der Waals surface area contributed by atoms with Gasteiger partial charge >= 0.3 is 0 Å². The van der Waals surface area contributed by atoms with Gasteiger partial charge < -0.3 is 10.2 Å². The second kappa shape index (κ2) is 5.87. The summed E-state index contributed by atoms with van der Waals surface area (Å²) in [5, 5.41) is 3.42. The molecule has 0 saturated carbocycles. The van der Waals surface area contributed by atoms with Gasteiger partial charge in [-0.2, -0.15) is 0 Å². The van der Waals surface area contributed by atoms with Crippen LogP contribution < -0.4 is 10.2 Å². The molecule has 0 bridgehead atoms. The Morgan fingerprint density at radius 2 is 2.06 bits per heavy atom. The molecule has 1 heterocycles. The van der Waals surface area contributed by atoms with Gasteiger partial charge in [-0.3, -0.25) is 4.98 Å². The highest BCUT2D eigenvalue weighted by atomic mass is 79.9. The minimum absolute atomic E-state index is 0.720. The van der Waals surface area contributed by atoms with Crippen molar-refractivity contribution in [3.05, 3.63) is 52.8 Å². The molecule has 2 rings (SSSR count). The zero-order valence-corrected chi connectivity index (χ0v) is 12.1. The fourth-order valence-electron chi connectivity index (χ4n) is 1.73. The van der Waals surface area contributed by atoms with Crippen LogP contribution in [0, 0.1) is 0 Å². The van der Waals surface area contributed by atoms with Crippen LogP contribution >= 0.6 is 15.9 Å². The van der Waals surface area contributed by atoms with Crippen molar-refractivity contribution in [1.82, 2.24) is 4.98 Å². The Hall–Kier alpha value is -1.55. The third-order valence-corrected chi connectivity index (χ3v) is 3.12. The topological polar surface area (TPSA) is 28.2 Å². The number of rotatable bonds is 4. The summed E-state index contributed by atoms with van der Waals surface area (Å²) >= 11 is 3.50. The second-order valence-electron chi connectivity index (χ2n) is 4.23. The van der Waals surface area contributed by atoms with Crippen LogP contribution in [0.5, 0.6) is 0 Å². The zero-order chi connectivity index (χ0) is 13.0. The molecule has 0 saturated heterocycles. The van der Waals surface area contributed by atoms with Crippen molar-refractivity contribution in [2.24, 2.45) is 0 Å². The average molecular weight is 306 g/mol. The number of halogens is 1. The van der Waals surface area contributed by atoms with Gasteiger partial charge in [0.2, 0.25) is 0 Å². The standard InChI is InChI=1S/C14H16BrN3/c1-18(2)14-7-6-11(15)9-13(14)17-10-12-5-3-4-8-16-12/h3-9,17H,10H2,1-2H3. The normalized spacial score (nSPS) is 10.2. The fraction of sp³-hybridized carbons (Fsp3) is 0.214. The summed E-state index contributed by atoms with van der Waals surface area (Å²) in [6.07, 6.45) is 1.81. The predicted molar refractivity (Wildman–Crippen MR) is 80.0 cm³/mol. The minimum atomic E-state index is 0.720. The van der Waals surface area contributed by atoms with E-state index in [2.05, 4.69) is 43.3 Å². The largest absolute Gasteiger partial charge is 0.378 e. The third kappa shape index (κ3) is 3.23. The number of hydrogen-bond acceptors (Lipinski definition) is 3. The van der Waals surface area contributed by atoms with E-state index < -0.39 is 0 Å². The van der Waals surface area contributed by atoms with Crippen LogP contribution in [0.4, 0.5) is 11.4 Å². The smallest absolute Gasteiger partial charge is 0.0597 e. The minimum Gasteiger partial charge on any atom is -0.378 e. The van der Waals surface area contributed by atoms with Gasteiger partial charge in [-0.15, -0.1) is 0 Å². The van der Waals surface area contributed by atoms with E-state index in [1.165, 1.54) is 0 Å². The molecule has 1 aromatic heterocycles. The highest BCUT2D eigenvalue weighted by Gasteiger charge is 2.05. The number of anilines is 2. The Morgan fingerprint density at radius 3 is 2.72 bits per heavy atom. The van der Waals surface area contributed by atoms with E-state index in [1.54, 1.807) is 0 Å².